The van der Waals surface area contributed by atoms with Crippen molar-refractivity contribution in [3.8, 4) is 0 Å². The van der Waals surface area contributed by atoms with Gasteiger partial charge in [-0.2, -0.15) is 0 Å². The van der Waals surface area contributed by atoms with E-state index in [1.54, 1.807) is 0 Å². The molecule has 1 aromatic rings. The summed E-state index contributed by atoms with van der Waals surface area (Å²) in [6.45, 7) is 14.6. The van der Waals surface area contributed by atoms with E-state index < -0.39 is 8.32 Å². The number of carbonyl (C=O) groups excluding carboxylic acids is 1. The van der Waals surface area contributed by atoms with Gasteiger partial charge >= 0.3 is 5.97 Å². The third-order valence-corrected chi connectivity index (χ3v) is 8.20. The van der Waals surface area contributed by atoms with Crippen LogP contribution in [0.1, 0.15) is 42.3 Å². The third kappa shape index (κ3) is 3.22. The number of hydrogen-bond acceptors (Lipinski definition) is 2. The van der Waals surface area contributed by atoms with Crippen LogP contribution in [0, 0.1) is 13.8 Å². The summed E-state index contributed by atoms with van der Waals surface area (Å²) in [5.41, 5.74) is 2.97. The van der Waals surface area contributed by atoms with Crippen LogP contribution in [0.3, 0.4) is 0 Å². The molecule has 0 aliphatic rings. The Morgan fingerprint density at radius 1 is 1.11 bits per heavy atom. The molecule has 0 spiro atoms. The molecule has 0 fully saturated rings. The summed E-state index contributed by atoms with van der Waals surface area (Å²) >= 11 is 0. The zero-order valence-electron chi connectivity index (χ0n) is 12.5. The minimum atomic E-state index is -2.03. The van der Waals surface area contributed by atoms with Gasteiger partial charge in [-0.05, 0) is 55.2 Å². The van der Waals surface area contributed by atoms with E-state index in [-0.39, 0.29) is 11.0 Å². The number of aryl methyl sites for hydroxylation is 2. The second-order valence-electron chi connectivity index (χ2n) is 6.45. The molecule has 3 heteroatoms. The van der Waals surface area contributed by atoms with Crippen LogP contribution in [0.25, 0.3) is 0 Å². The molecular formula is C15H24O2Si. The van der Waals surface area contributed by atoms with Gasteiger partial charge in [-0.3, -0.25) is 0 Å². The maximum atomic E-state index is 12.2. The molecule has 0 atom stereocenters. The van der Waals surface area contributed by atoms with Crippen molar-refractivity contribution in [3.63, 3.8) is 0 Å². The average molecular weight is 264 g/mol. The number of carbonyl (C=O) groups is 1. The second kappa shape index (κ2) is 4.88. The molecule has 18 heavy (non-hydrogen) atoms. The Bertz CT molecular complexity index is 456. The van der Waals surface area contributed by atoms with Gasteiger partial charge in [-0.15, -0.1) is 0 Å². The minimum absolute atomic E-state index is 0.0440. The van der Waals surface area contributed by atoms with Crippen LogP contribution in [-0.4, -0.2) is 14.3 Å². The first-order valence-electron chi connectivity index (χ1n) is 6.35. The van der Waals surface area contributed by atoms with Crippen LogP contribution >= 0.6 is 0 Å². The first-order valence-corrected chi connectivity index (χ1v) is 9.26. The largest absolute Gasteiger partial charge is 0.516 e. The number of rotatable bonds is 2. The molecule has 0 saturated heterocycles. The van der Waals surface area contributed by atoms with Crippen molar-refractivity contribution in [1.82, 2.24) is 0 Å². The van der Waals surface area contributed by atoms with Crippen LogP contribution in [0.4, 0.5) is 0 Å². The Kier molecular flexibility index (Phi) is 4.06. The lowest BCUT2D eigenvalue weighted by atomic mass is 10.1. The fourth-order valence-electron chi connectivity index (χ4n) is 1.31. The highest BCUT2D eigenvalue weighted by molar-refractivity contribution is 6.75. The van der Waals surface area contributed by atoms with Crippen LogP contribution in [0.5, 0.6) is 0 Å². The molecular weight excluding hydrogens is 240 g/mol. The molecule has 0 radical (unpaired) electrons. The van der Waals surface area contributed by atoms with Crippen molar-refractivity contribution in [2.75, 3.05) is 0 Å². The van der Waals surface area contributed by atoms with Gasteiger partial charge in [0.25, 0.3) is 8.32 Å². The molecule has 0 aliphatic heterocycles. The lowest BCUT2D eigenvalue weighted by Gasteiger charge is -2.35. The van der Waals surface area contributed by atoms with E-state index in [4.69, 9.17) is 4.43 Å². The zero-order valence-corrected chi connectivity index (χ0v) is 13.5. The van der Waals surface area contributed by atoms with Crippen molar-refractivity contribution in [1.29, 1.82) is 0 Å². The lowest BCUT2D eigenvalue weighted by Crippen LogP contribution is -2.42. The maximum absolute atomic E-state index is 12.2. The molecule has 2 nitrogen and oxygen atoms in total. The second-order valence-corrected chi connectivity index (χ2v) is 11.2. The first-order chi connectivity index (χ1) is 8.04. The molecule has 1 aromatic carbocycles. The standard InChI is InChI=1S/C15H24O2Si/c1-11-8-9-13(10-12(11)2)14(16)17-18(6,7)15(3,4)5/h8-10H,1-7H3. The maximum Gasteiger partial charge on any atom is 0.324 e. The van der Waals surface area contributed by atoms with Gasteiger partial charge in [-0.1, -0.05) is 26.8 Å². The predicted molar refractivity (Wildman–Crippen MR) is 78.5 cm³/mol. The summed E-state index contributed by atoms with van der Waals surface area (Å²) in [6, 6.07) is 5.72. The van der Waals surface area contributed by atoms with E-state index in [0.717, 1.165) is 5.56 Å². The molecule has 0 unspecified atom stereocenters. The van der Waals surface area contributed by atoms with Gasteiger partial charge < -0.3 is 4.43 Å². The Labute approximate surface area is 111 Å². The van der Waals surface area contributed by atoms with Crippen LogP contribution in [-0.2, 0) is 4.43 Å². The van der Waals surface area contributed by atoms with E-state index in [9.17, 15) is 4.79 Å². The highest BCUT2D eigenvalue weighted by Crippen LogP contribution is 2.37. The number of hydrogen-bond donors (Lipinski definition) is 0. The van der Waals surface area contributed by atoms with E-state index in [2.05, 4.69) is 33.9 Å². The summed E-state index contributed by atoms with van der Waals surface area (Å²) in [4.78, 5) is 12.2. The van der Waals surface area contributed by atoms with Crippen molar-refractivity contribution in [3.05, 3.63) is 34.9 Å². The average Bonchev–Trinajstić information content (AvgIpc) is 2.19. The lowest BCUT2D eigenvalue weighted by molar-refractivity contribution is 0.0712. The summed E-state index contributed by atoms with van der Waals surface area (Å²) < 4.78 is 5.78. The molecule has 0 aliphatic carbocycles. The van der Waals surface area contributed by atoms with E-state index in [1.807, 2.05) is 32.0 Å². The fourth-order valence-corrected chi connectivity index (χ4v) is 2.20. The van der Waals surface area contributed by atoms with Crippen LogP contribution in [0.15, 0.2) is 18.2 Å². The SMILES string of the molecule is Cc1ccc(C(=O)O[Si](C)(C)C(C)(C)C)cc1C. The fraction of sp³-hybridized carbons (Fsp3) is 0.533. The Balaban J connectivity index is 2.93. The zero-order chi connectivity index (χ0) is 14.1. The van der Waals surface area contributed by atoms with Gasteiger partial charge in [0.05, 0.1) is 5.56 Å². The van der Waals surface area contributed by atoms with Crippen molar-refractivity contribution in [2.24, 2.45) is 0 Å². The highest BCUT2D eigenvalue weighted by Gasteiger charge is 2.40. The predicted octanol–water partition coefficient (Wildman–Crippen LogP) is 4.47. The van der Waals surface area contributed by atoms with E-state index in [1.165, 1.54) is 5.56 Å². The molecule has 0 bridgehead atoms. The van der Waals surface area contributed by atoms with E-state index in [0.29, 0.717) is 5.56 Å². The number of benzene rings is 1. The monoisotopic (exact) mass is 264 g/mol. The smallest absolute Gasteiger partial charge is 0.324 e. The molecule has 0 aromatic heterocycles. The summed E-state index contributed by atoms with van der Waals surface area (Å²) in [5, 5.41) is 0.0440. The third-order valence-electron chi connectivity index (χ3n) is 3.90. The minimum Gasteiger partial charge on any atom is -0.516 e. The van der Waals surface area contributed by atoms with Crippen molar-refractivity contribution < 1.29 is 9.22 Å². The van der Waals surface area contributed by atoms with Gasteiger partial charge in [0.2, 0.25) is 0 Å². The summed E-state index contributed by atoms with van der Waals surface area (Å²) in [6.07, 6.45) is 0. The molecule has 100 valence electrons. The quantitative estimate of drug-likeness (QED) is 0.737. The molecule has 0 heterocycles. The Morgan fingerprint density at radius 3 is 2.11 bits per heavy atom. The highest BCUT2D eigenvalue weighted by atomic mass is 28.4. The molecule has 1 rings (SSSR count). The first kappa shape index (κ1) is 15.0. The summed E-state index contributed by atoms with van der Waals surface area (Å²) in [5.74, 6) is -0.190. The normalized spacial score (nSPS) is 12.4. The van der Waals surface area contributed by atoms with Crippen molar-refractivity contribution >= 4 is 14.3 Å². The molecule has 0 amide bonds. The van der Waals surface area contributed by atoms with Crippen molar-refractivity contribution in [2.45, 2.75) is 52.8 Å². The molecule has 0 saturated carbocycles. The van der Waals surface area contributed by atoms with Crippen LogP contribution in [0.2, 0.25) is 18.1 Å². The van der Waals surface area contributed by atoms with Gasteiger partial charge in [0.15, 0.2) is 0 Å². The molecule has 0 N–H and O–H groups in total. The Hall–Kier alpha value is -1.09. The van der Waals surface area contributed by atoms with Gasteiger partial charge in [0.1, 0.15) is 0 Å². The van der Waals surface area contributed by atoms with E-state index >= 15 is 0 Å². The van der Waals surface area contributed by atoms with Gasteiger partial charge in [-0.25, -0.2) is 4.79 Å². The van der Waals surface area contributed by atoms with Gasteiger partial charge in [0, 0.05) is 0 Å². The summed E-state index contributed by atoms with van der Waals surface area (Å²) in [7, 11) is -2.03. The van der Waals surface area contributed by atoms with Crippen LogP contribution < -0.4 is 0 Å². The topological polar surface area (TPSA) is 26.3 Å². The Morgan fingerprint density at radius 2 is 1.67 bits per heavy atom.